The number of amides is 1. The molecule has 0 spiro atoms. The van der Waals surface area contributed by atoms with Gasteiger partial charge < -0.3 is 15.2 Å². The van der Waals surface area contributed by atoms with Crippen LogP contribution < -0.4 is 10.1 Å². The first-order valence-electron chi connectivity index (χ1n) is 12.4. The van der Waals surface area contributed by atoms with E-state index in [0.29, 0.717) is 23.6 Å². The first kappa shape index (κ1) is 34.6. The maximum absolute atomic E-state index is 12.7. The first-order valence-corrected chi connectivity index (χ1v) is 14.6. The minimum atomic E-state index is -4.79. The summed E-state index contributed by atoms with van der Waals surface area (Å²) in [7, 11) is 0. The number of alkyl halides is 5. The first-order chi connectivity index (χ1) is 20.1. The number of halogens is 5. The second kappa shape index (κ2) is 17.4. The molecule has 6 nitrogen and oxygen atoms in total. The van der Waals surface area contributed by atoms with Gasteiger partial charge in [-0.3, -0.25) is 9.59 Å². The standard InChI is InChI=1S/C29H26ClF3N2O4S.CH3Cl/c1-2-4-21(5-3-15-30)25-18-40-28(35-25)24(20-10-12-23(13-11-20)39-29(31,32)33)17-19-6-8-22(9-7-19)27(38)34-16-14-26(36)37;1-2/h2-13,18,24H,1,14-17H2,(H,34,38)(H,36,37);1H3/b5-3-,21-4+;. The molecule has 3 rings (SSSR count). The van der Waals surface area contributed by atoms with E-state index < -0.39 is 12.3 Å². The average Bonchev–Trinajstić information content (AvgIpc) is 3.45. The Kier molecular flexibility index (Phi) is 14.3. The van der Waals surface area contributed by atoms with Gasteiger partial charge in [0.15, 0.2) is 0 Å². The summed E-state index contributed by atoms with van der Waals surface area (Å²) in [6.07, 6.45) is 4.02. The molecular weight excluding hydrogens is 612 g/mol. The van der Waals surface area contributed by atoms with Crippen LogP contribution in [-0.2, 0) is 11.2 Å². The van der Waals surface area contributed by atoms with Gasteiger partial charge in [0.1, 0.15) is 10.8 Å². The molecule has 12 heteroatoms. The Bertz CT molecular complexity index is 1370. The number of carbonyl (C=O) groups is 2. The molecule has 1 unspecified atom stereocenters. The lowest BCUT2D eigenvalue weighted by Gasteiger charge is -2.17. The molecule has 0 fully saturated rings. The van der Waals surface area contributed by atoms with Crippen molar-refractivity contribution in [3.05, 3.63) is 112 Å². The zero-order valence-electron chi connectivity index (χ0n) is 22.5. The number of allylic oxidation sites excluding steroid dienone is 5. The molecule has 1 heterocycles. The lowest BCUT2D eigenvalue weighted by atomic mass is 9.92. The van der Waals surface area contributed by atoms with E-state index in [0.717, 1.165) is 21.7 Å². The maximum Gasteiger partial charge on any atom is 0.573 e. The minimum absolute atomic E-state index is 0.0147. The number of hydrogen-bond donors (Lipinski definition) is 2. The smallest absolute Gasteiger partial charge is 0.481 e. The monoisotopic (exact) mass is 640 g/mol. The summed E-state index contributed by atoms with van der Waals surface area (Å²) in [6.45, 7) is 3.76. The quantitative estimate of drug-likeness (QED) is 0.147. The van der Waals surface area contributed by atoms with E-state index in [-0.39, 0.29) is 30.5 Å². The van der Waals surface area contributed by atoms with E-state index in [2.05, 4.69) is 28.2 Å². The number of carbonyl (C=O) groups excluding carboxylic acids is 1. The van der Waals surface area contributed by atoms with Crippen molar-refractivity contribution in [2.75, 3.05) is 18.8 Å². The van der Waals surface area contributed by atoms with Crippen LogP contribution in [0.3, 0.4) is 0 Å². The zero-order valence-corrected chi connectivity index (χ0v) is 24.9. The van der Waals surface area contributed by atoms with Crippen molar-refractivity contribution >= 4 is 52.0 Å². The van der Waals surface area contributed by atoms with Crippen LogP contribution in [0, 0.1) is 0 Å². The van der Waals surface area contributed by atoms with Gasteiger partial charge in [0.25, 0.3) is 5.91 Å². The molecule has 1 aromatic heterocycles. The number of benzene rings is 2. The highest BCUT2D eigenvalue weighted by molar-refractivity contribution is 7.09. The third kappa shape index (κ3) is 11.3. The Morgan fingerprint density at radius 1 is 1.14 bits per heavy atom. The van der Waals surface area contributed by atoms with Gasteiger partial charge in [0, 0.05) is 41.2 Å². The summed E-state index contributed by atoms with van der Waals surface area (Å²) in [4.78, 5) is 27.8. The number of thiazole rings is 1. The third-order valence-corrected chi connectivity index (χ3v) is 6.73. The summed E-state index contributed by atoms with van der Waals surface area (Å²) in [5.74, 6) is -1.70. The second-order valence-corrected chi connectivity index (χ2v) is 9.65. The molecule has 0 bridgehead atoms. The summed E-state index contributed by atoms with van der Waals surface area (Å²) in [5.41, 5.74) is 3.49. The number of nitrogens with zero attached hydrogens (tertiary/aromatic N) is 1. The largest absolute Gasteiger partial charge is 0.573 e. The second-order valence-electron chi connectivity index (χ2n) is 8.46. The Balaban J connectivity index is 0.00000301. The number of nitrogens with one attached hydrogen (secondary N) is 1. The highest BCUT2D eigenvalue weighted by Gasteiger charge is 2.31. The topological polar surface area (TPSA) is 88.5 Å². The molecule has 2 aromatic carbocycles. The molecule has 0 radical (unpaired) electrons. The van der Waals surface area contributed by atoms with Crippen molar-refractivity contribution in [3.63, 3.8) is 0 Å². The summed E-state index contributed by atoms with van der Waals surface area (Å²) < 4.78 is 42.0. The Labute approximate surface area is 256 Å². The van der Waals surface area contributed by atoms with E-state index in [9.17, 15) is 22.8 Å². The van der Waals surface area contributed by atoms with Gasteiger partial charge in [0.05, 0.1) is 12.1 Å². The summed E-state index contributed by atoms with van der Waals surface area (Å²) >= 11 is 11.8. The van der Waals surface area contributed by atoms with E-state index in [1.165, 1.54) is 29.9 Å². The number of carboxylic acid groups (broad SMARTS) is 1. The van der Waals surface area contributed by atoms with Crippen molar-refractivity contribution in [1.29, 1.82) is 0 Å². The van der Waals surface area contributed by atoms with Crippen molar-refractivity contribution < 1.29 is 32.6 Å². The minimum Gasteiger partial charge on any atom is -0.481 e. The molecule has 3 aromatic rings. The normalized spacial score (nSPS) is 12.3. The van der Waals surface area contributed by atoms with Crippen molar-refractivity contribution in [2.45, 2.75) is 25.1 Å². The van der Waals surface area contributed by atoms with E-state index in [1.807, 2.05) is 11.5 Å². The van der Waals surface area contributed by atoms with Crippen LogP contribution in [0.5, 0.6) is 5.75 Å². The molecule has 0 saturated carbocycles. The summed E-state index contributed by atoms with van der Waals surface area (Å²) in [5, 5.41) is 13.9. The number of hydrogen-bond acceptors (Lipinski definition) is 5. The lowest BCUT2D eigenvalue weighted by molar-refractivity contribution is -0.274. The molecular formula is C30H29Cl2F3N2O4S. The Morgan fingerprint density at radius 2 is 1.81 bits per heavy atom. The third-order valence-electron chi connectivity index (χ3n) is 5.60. The number of aromatic nitrogens is 1. The van der Waals surface area contributed by atoms with Gasteiger partial charge in [-0.05, 0) is 41.8 Å². The van der Waals surface area contributed by atoms with E-state index in [4.69, 9.17) is 21.7 Å². The van der Waals surface area contributed by atoms with Crippen molar-refractivity contribution in [1.82, 2.24) is 10.3 Å². The highest BCUT2D eigenvalue weighted by Crippen LogP contribution is 2.34. The summed E-state index contributed by atoms with van der Waals surface area (Å²) in [6, 6.07) is 12.5. The van der Waals surface area contributed by atoms with Gasteiger partial charge in [-0.2, -0.15) is 0 Å². The van der Waals surface area contributed by atoms with Crippen LogP contribution >= 0.6 is 34.5 Å². The fourth-order valence-corrected chi connectivity index (χ4v) is 4.81. The SMILES string of the molecule is C=C/C=C(\C=C/CCl)c1csc(C(Cc2ccc(C(=O)NCCC(=O)O)cc2)c2ccc(OC(F)(F)F)cc2)n1.CCl. The molecule has 0 saturated heterocycles. The Morgan fingerprint density at radius 3 is 2.38 bits per heavy atom. The van der Waals surface area contributed by atoms with Crippen LogP contribution in [0.2, 0.25) is 0 Å². The number of rotatable bonds is 13. The zero-order chi connectivity index (χ0) is 31.1. The molecule has 1 atom stereocenters. The molecule has 2 N–H and O–H groups in total. The van der Waals surface area contributed by atoms with Gasteiger partial charge in [-0.15, -0.1) is 47.7 Å². The molecule has 1 amide bonds. The fraction of sp³-hybridized carbons (Fsp3) is 0.233. The van der Waals surface area contributed by atoms with Crippen molar-refractivity contribution in [3.8, 4) is 5.75 Å². The molecule has 42 heavy (non-hydrogen) atoms. The molecule has 0 aliphatic carbocycles. The van der Waals surface area contributed by atoms with Gasteiger partial charge >= 0.3 is 12.3 Å². The molecule has 224 valence electrons. The van der Waals surface area contributed by atoms with Gasteiger partial charge in [0.2, 0.25) is 0 Å². The van der Waals surface area contributed by atoms with Crippen molar-refractivity contribution in [2.24, 2.45) is 0 Å². The average molecular weight is 642 g/mol. The molecule has 0 aliphatic rings. The predicted molar refractivity (Wildman–Crippen MR) is 162 cm³/mol. The highest BCUT2D eigenvalue weighted by atomic mass is 35.5. The van der Waals surface area contributed by atoms with E-state index >= 15 is 0 Å². The van der Waals surface area contributed by atoms with Crippen LogP contribution in [0.4, 0.5) is 13.2 Å². The van der Waals surface area contributed by atoms with Gasteiger partial charge in [-0.1, -0.05) is 55.1 Å². The predicted octanol–water partition coefficient (Wildman–Crippen LogP) is 7.84. The van der Waals surface area contributed by atoms with Crippen LogP contribution in [0.1, 0.15) is 44.5 Å². The van der Waals surface area contributed by atoms with Gasteiger partial charge in [-0.25, -0.2) is 4.98 Å². The fourth-order valence-electron chi connectivity index (χ4n) is 3.77. The van der Waals surface area contributed by atoms with Crippen LogP contribution in [-0.4, -0.2) is 47.1 Å². The molecule has 0 aliphatic heterocycles. The number of ether oxygens (including phenoxy) is 1. The van der Waals surface area contributed by atoms with Crippen LogP contribution in [0.15, 0.2) is 84.8 Å². The van der Waals surface area contributed by atoms with E-state index in [1.54, 1.807) is 54.6 Å². The lowest BCUT2D eigenvalue weighted by Crippen LogP contribution is -2.25. The number of carboxylic acids is 1. The number of aliphatic carboxylic acids is 1. The maximum atomic E-state index is 12.7. The van der Waals surface area contributed by atoms with Crippen LogP contribution in [0.25, 0.3) is 5.57 Å². The Hall–Kier alpha value is -3.60.